The van der Waals surface area contributed by atoms with Gasteiger partial charge >= 0.3 is 0 Å². The number of imidazole rings is 1. The van der Waals surface area contributed by atoms with Gasteiger partial charge in [-0.15, -0.1) is 0 Å². The molecule has 5 heteroatoms. The number of primary amides is 1. The highest BCUT2D eigenvalue weighted by Gasteiger charge is 2.30. The number of nitrogens with two attached hydrogens (primary N) is 1. The quantitative estimate of drug-likeness (QED) is 0.802. The van der Waals surface area contributed by atoms with Crippen molar-refractivity contribution in [3.05, 3.63) is 65.5 Å². The van der Waals surface area contributed by atoms with Crippen LogP contribution in [-0.4, -0.2) is 26.4 Å². The fourth-order valence-corrected chi connectivity index (χ4v) is 3.54. The fourth-order valence-electron chi connectivity index (χ4n) is 3.54. The first-order chi connectivity index (χ1) is 11.6. The van der Waals surface area contributed by atoms with Gasteiger partial charge in [-0.3, -0.25) is 9.69 Å². The van der Waals surface area contributed by atoms with Crippen LogP contribution in [0.2, 0.25) is 0 Å². The number of carbonyl (C=O) groups is 1. The molecule has 1 aliphatic heterocycles. The van der Waals surface area contributed by atoms with Crippen molar-refractivity contribution in [3.63, 3.8) is 0 Å². The zero-order valence-electron chi connectivity index (χ0n) is 13.6. The lowest BCUT2D eigenvalue weighted by Crippen LogP contribution is -2.48. The van der Waals surface area contributed by atoms with Gasteiger partial charge in [0.15, 0.2) is 0 Å². The van der Waals surface area contributed by atoms with Crippen LogP contribution in [0.25, 0.3) is 11.0 Å². The molecule has 0 spiro atoms. The van der Waals surface area contributed by atoms with Gasteiger partial charge < -0.3 is 10.3 Å². The summed E-state index contributed by atoms with van der Waals surface area (Å²) in [7, 11) is 2.02. The van der Waals surface area contributed by atoms with Crippen LogP contribution in [0, 0.1) is 0 Å². The standard InChI is InChI=1S/C19H20N4O/c1-22-16-9-5-4-8-15(16)21-18(22)12-23-11-14-7-3-2-6-13(14)10-17(23)19(20)24/h2-9,17H,10-12H2,1H3,(H2,20,24)/t17-/m1/s1. The number of aryl methyl sites for hydroxylation is 1. The van der Waals surface area contributed by atoms with Crippen LogP contribution in [0.3, 0.4) is 0 Å². The molecule has 0 aliphatic carbocycles. The van der Waals surface area contributed by atoms with E-state index in [2.05, 4.69) is 27.7 Å². The first kappa shape index (κ1) is 14.9. The summed E-state index contributed by atoms with van der Waals surface area (Å²) in [6, 6.07) is 16.0. The second-order valence-electron chi connectivity index (χ2n) is 6.37. The number of para-hydroxylation sites is 2. The number of nitrogens with zero attached hydrogens (tertiary/aromatic N) is 3. The molecule has 1 aliphatic rings. The molecule has 2 heterocycles. The topological polar surface area (TPSA) is 64.2 Å². The van der Waals surface area contributed by atoms with Crippen molar-refractivity contribution in [1.29, 1.82) is 0 Å². The Labute approximate surface area is 140 Å². The van der Waals surface area contributed by atoms with E-state index < -0.39 is 0 Å². The molecular weight excluding hydrogens is 300 g/mol. The summed E-state index contributed by atoms with van der Waals surface area (Å²) in [5, 5.41) is 0. The first-order valence-electron chi connectivity index (χ1n) is 8.14. The highest BCUT2D eigenvalue weighted by molar-refractivity contribution is 5.80. The zero-order valence-corrected chi connectivity index (χ0v) is 13.6. The summed E-state index contributed by atoms with van der Waals surface area (Å²) in [6.07, 6.45) is 0.662. The number of fused-ring (bicyclic) bond motifs is 2. The largest absolute Gasteiger partial charge is 0.368 e. The lowest BCUT2D eigenvalue weighted by molar-refractivity contribution is -0.124. The molecule has 0 bridgehead atoms. The van der Waals surface area contributed by atoms with Crippen LogP contribution in [-0.2, 0) is 31.4 Å². The van der Waals surface area contributed by atoms with Crippen molar-refractivity contribution in [2.24, 2.45) is 12.8 Å². The van der Waals surface area contributed by atoms with Crippen LogP contribution in [0.5, 0.6) is 0 Å². The van der Waals surface area contributed by atoms with Crippen LogP contribution in [0.1, 0.15) is 17.0 Å². The summed E-state index contributed by atoms with van der Waals surface area (Å²) in [4.78, 5) is 18.8. The summed E-state index contributed by atoms with van der Waals surface area (Å²) >= 11 is 0. The van der Waals surface area contributed by atoms with Crippen LogP contribution >= 0.6 is 0 Å². The Hall–Kier alpha value is -2.66. The molecule has 0 fully saturated rings. The Kier molecular flexibility index (Phi) is 3.58. The molecule has 3 aromatic rings. The number of carbonyl (C=O) groups excluding carboxylic acids is 1. The Morgan fingerprint density at radius 1 is 1.17 bits per heavy atom. The first-order valence-corrected chi connectivity index (χ1v) is 8.14. The number of aromatic nitrogens is 2. The maximum Gasteiger partial charge on any atom is 0.235 e. The SMILES string of the molecule is Cn1c(CN2Cc3ccccc3C[C@@H]2C(N)=O)nc2ccccc21. The summed E-state index contributed by atoms with van der Waals surface area (Å²) in [6.45, 7) is 1.32. The van der Waals surface area contributed by atoms with Gasteiger partial charge in [-0.25, -0.2) is 4.98 Å². The third-order valence-electron chi connectivity index (χ3n) is 4.90. The normalized spacial score (nSPS) is 17.8. The number of hydrogen-bond acceptors (Lipinski definition) is 3. The Balaban J connectivity index is 1.69. The molecular formula is C19H20N4O. The van der Waals surface area contributed by atoms with E-state index in [9.17, 15) is 4.79 Å². The summed E-state index contributed by atoms with van der Waals surface area (Å²) < 4.78 is 2.09. The highest BCUT2D eigenvalue weighted by Crippen LogP contribution is 2.25. The lowest BCUT2D eigenvalue weighted by atomic mass is 9.93. The van der Waals surface area contributed by atoms with Crippen LogP contribution < -0.4 is 5.73 Å². The third-order valence-corrected chi connectivity index (χ3v) is 4.90. The van der Waals surface area contributed by atoms with Gasteiger partial charge in [-0.1, -0.05) is 36.4 Å². The Morgan fingerprint density at radius 2 is 1.88 bits per heavy atom. The van der Waals surface area contributed by atoms with E-state index >= 15 is 0 Å². The maximum absolute atomic E-state index is 12.0. The van der Waals surface area contributed by atoms with Crippen molar-refractivity contribution in [3.8, 4) is 0 Å². The number of amides is 1. The molecule has 0 saturated heterocycles. The van der Waals surface area contributed by atoms with E-state index in [0.29, 0.717) is 19.5 Å². The van der Waals surface area contributed by atoms with Crippen molar-refractivity contribution >= 4 is 16.9 Å². The van der Waals surface area contributed by atoms with E-state index in [4.69, 9.17) is 10.7 Å². The minimum Gasteiger partial charge on any atom is -0.368 e. The fraction of sp³-hybridized carbons (Fsp3) is 0.263. The average Bonchev–Trinajstić information content (AvgIpc) is 2.90. The Morgan fingerprint density at radius 3 is 2.62 bits per heavy atom. The Bertz CT molecular complexity index is 915. The van der Waals surface area contributed by atoms with Gasteiger partial charge in [-0.2, -0.15) is 0 Å². The summed E-state index contributed by atoms with van der Waals surface area (Å²) in [5.74, 6) is 0.671. The van der Waals surface area contributed by atoms with Gasteiger partial charge in [0.1, 0.15) is 5.82 Å². The minimum absolute atomic E-state index is 0.275. The average molecular weight is 320 g/mol. The predicted octanol–water partition coefficient (Wildman–Crippen LogP) is 1.99. The molecule has 122 valence electrons. The number of hydrogen-bond donors (Lipinski definition) is 1. The van der Waals surface area contributed by atoms with Crippen molar-refractivity contribution in [2.75, 3.05) is 0 Å². The van der Waals surface area contributed by atoms with Crippen molar-refractivity contribution < 1.29 is 4.79 Å². The molecule has 0 unspecified atom stereocenters. The smallest absolute Gasteiger partial charge is 0.235 e. The lowest BCUT2D eigenvalue weighted by Gasteiger charge is -2.34. The van der Waals surface area contributed by atoms with Crippen LogP contribution in [0.15, 0.2) is 48.5 Å². The highest BCUT2D eigenvalue weighted by atomic mass is 16.1. The molecule has 24 heavy (non-hydrogen) atoms. The van der Waals surface area contributed by atoms with Crippen LogP contribution in [0.4, 0.5) is 0 Å². The number of benzene rings is 2. The van der Waals surface area contributed by atoms with E-state index in [1.807, 2.05) is 37.4 Å². The van der Waals surface area contributed by atoms with Gasteiger partial charge in [0.05, 0.1) is 23.6 Å². The number of rotatable bonds is 3. The monoisotopic (exact) mass is 320 g/mol. The molecule has 0 radical (unpaired) electrons. The maximum atomic E-state index is 12.0. The van der Waals surface area contributed by atoms with Crippen molar-refractivity contribution in [2.45, 2.75) is 25.6 Å². The molecule has 4 rings (SSSR count). The third kappa shape index (κ3) is 2.47. The van der Waals surface area contributed by atoms with E-state index in [1.54, 1.807) is 0 Å². The molecule has 0 saturated carbocycles. The minimum atomic E-state index is -0.292. The van der Waals surface area contributed by atoms with Gasteiger partial charge in [0.2, 0.25) is 5.91 Å². The summed E-state index contributed by atoms with van der Waals surface area (Å²) in [5.41, 5.74) is 10.2. The van der Waals surface area contributed by atoms with Gasteiger partial charge in [0.25, 0.3) is 0 Å². The molecule has 2 aromatic carbocycles. The van der Waals surface area contributed by atoms with E-state index in [0.717, 1.165) is 16.9 Å². The van der Waals surface area contributed by atoms with Crippen molar-refractivity contribution in [1.82, 2.24) is 14.5 Å². The molecule has 2 N–H and O–H groups in total. The van der Waals surface area contributed by atoms with E-state index in [1.165, 1.54) is 11.1 Å². The molecule has 1 aromatic heterocycles. The molecule has 5 nitrogen and oxygen atoms in total. The predicted molar refractivity (Wildman–Crippen MR) is 93.1 cm³/mol. The molecule has 1 atom stereocenters. The molecule has 1 amide bonds. The van der Waals surface area contributed by atoms with E-state index in [-0.39, 0.29) is 11.9 Å². The van der Waals surface area contributed by atoms with Gasteiger partial charge in [0, 0.05) is 13.6 Å². The second kappa shape index (κ2) is 5.76. The zero-order chi connectivity index (χ0) is 16.7. The van der Waals surface area contributed by atoms with Gasteiger partial charge in [-0.05, 0) is 29.7 Å². The second-order valence-corrected chi connectivity index (χ2v) is 6.37.